The highest BCUT2D eigenvalue weighted by Crippen LogP contribution is 2.19. The lowest BCUT2D eigenvalue weighted by atomic mass is 10.2. The van der Waals surface area contributed by atoms with E-state index >= 15 is 0 Å². The zero-order valence-electron chi connectivity index (χ0n) is 11.4. The van der Waals surface area contributed by atoms with Crippen molar-refractivity contribution in [1.82, 2.24) is 10.2 Å². The average molecular weight is 268 g/mol. The maximum absolute atomic E-state index is 5.66. The van der Waals surface area contributed by atoms with Gasteiger partial charge in [0.15, 0.2) is 0 Å². The number of hydrogen-bond donors (Lipinski definition) is 1. The maximum Gasteiger partial charge on any atom is 0.118 e. The molecule has 1 unspecified atom stereocenters. The number of thioether (sulfide) groups is 1. The molecule has 102 valence electrons. The quantitative estimate of drug-likeness (QED) is 0.803. The Balaban J connectivity index is 1.82. The van der Waals surface area contributed by atoms with Crippen molar-refractivity contribution in [3.63, 3.8) is 0 Å². The summed E-state index contributed by atoms with van der Waals surface area (Å²) < 4.78 is 5.66. The van der Waals surface area contributed by atoms with E-state index in [1.165, 1.54) is 30.0 Å². The van der Waals surface area contributed by atoms with Gasteiger partial charge in [-0.05, 0) is 26.0 Å². The summed E-state index contributed by atoms with van der Waals surface area (Å²) in [5.74, 6) is 3.59. The lowest BCUT2D eigenvalue weighted by Gasteiger charge is -2.32. The van der Waals surface area contributed by atoms with Gasteiger partial charge in [-0.2, -0.15) is 11.8 Å². The Morgan fingerprint density at radius 3 is 3.22 bits per heavy atom. The van der Waals surface area contributed by atoms with Crippen LogP contribution in [0, 0.1) is 0 Å². The van der Waals surface area contributed by atoms with Crippen molar-refractivity contribution in [2.75, 3.05) is 24.6 Å². The molecular weight excluding hydrogens is 244 g/mol. The van der Waals surface area contributed by atoms with Gasteiger partial charge in [0.05, 0.1) is 12.8 Å². The minimum absolute atomic E-state index is 0.663. The van der Waals surface area contributed by atoms with E-state index in [0.29, 0.717) is 6.04 Å². The fourth-order valence-corrected chi connectivity index (χ4v) is 3.29. The largest absolute Gasteiger partial charge is 0.468 e. The van der Waals surface area contributed by atoms with E-state index in [9.17, 15) is 0 Å². The Kier molecular flexibility index (Phi) is 5.60. The normalized spacial score (nSPS) is 21.3. The Morgan fingerprint density at radius 2 is 2.44 bits per heavy atom. The van der Waals surface area contributed by atoms with Crippen molar-refractivity contribution >= 4 is 11.8 Å². The molecule has 1 aliphatic rings. The van der Waals surface area contributed by atoms with Crippen LogP contribution in [0.4, 0.5) is 0 Å². The highest BCUT2D eigenvalue weighted by Gasteiger charge is 2.19. The minimum Gasteiger partial charge on any atom is -0.468 e. The van der Waals surface area contributed by atoms with E-state index in [4.69, 9.17) is 4.42 Å². The van der Waals surface area contributed by atoms with Crippen LogP contribution in [0.5, 0.6) is 0 Å². The van der Waals surface area contributed by atoms with Gasteiger partial charge in [0.2, 0.25) is 0 Å². The van der Waals surface area contributed by atoms with Crippen LogP contribution in [-0.4, -0.2) is 35.5 Å². The highest BCUT2D eigenvalue weighted by atomic mass is 32.2. The maximum atomic E-state index is 5.66. The molecule has 4 heteroatoms. The van der Waals surface area contributed by atoms with Crippen LogP contribution in [0.3, 0.4) is 0 Å². The molecule has 1 N–H and O–H groups in total. The van der Waals surface area contributed by atoms with Gasteiger partial charge in [0, 0.05) is 36.2 Å². The zero-order valence-corrected chi connectivity index (χ0v) is 12.3. The van der Waals surface area contributed by atoms with E-state index < -0.39 is 0 Å². The molecule has 0 aromatic carbocycles. The van der Waals surface area contributed by atoms with Crippen molar-refractivity contribution in [2.45, 2.75) is 39.4 Å². The predicted molar refractivity (Wildman–Crippen MR) is 77.9 cm³/mol. The van der Waals surface area contributed by atoms with Crippen molar-refractivity contribution in [1.29, 1.82) is 0 Å². The van der Waals surface area contributed by atoms with Gasteiger partial charge >= 0.3 is 0 Å². The first-order valence-electron chi connectivity index (χ1n) is 6.88. The fourth-order valence-electron chi connectivity index (χ4n) is 2.21. The van der Waals surface area contributed by atoms with Gasteiger partial charge in [-0.3, -0.25) is 4.90 Å². The second kappa shape index (κ2) is 7.22. The number of nitrogens with zero attached hydrogens (tertiary/aromatic N) is 1. The molecule has 0 bridgehead atoms. The molecule has 1 aromatic heterocycles. The molecule has 2 rings (SSSR count). The first-order valence-corrected chi connectivity index (χ1v) is 8.04. The van der Waals surface area contributed by atoms with Gasteiger partial charge < -0.3 is 9.73 Å². The lowest BCUT2D eigenvalue weighted by Crippen LogP contribution is -2.39. The fraction of sp³-hybridized carbons (Fsp3) is 0.714. The Bertz CT molecular complexity index is 353. The topological polar surface area (TPSA) is 28.4 Å². The summed E-state index contributed by atoms with van der Waals surface area (Å²) in [6, 6.07) is 2.85. The summed E-state index contributed by atoms with van der Waals surface area (Å²) >= 11 is 2.05. The van der Waals surface area contributed by atoms with Gasteiger partial charge in [-0.1, -0.05) is 6.92 Å². The third-order valence-corrected chi connectivity index (χ3v) is 4.52. The Labute approximate surface area is 114 Å². The molecule has 0 amide bonds. The van der Waals surface area contributed by atoms with Crippen molar-refractivity contribution < 1.29 is 4.42 Å². The van der Waals surface area contributed by atoms with Gasteiger partial charge in [0.25, 0.3) is 0 Å². The molecule has 1 aliphatic heterocycles. The minimum atomic E-state index is 0.663. The molecule has 1 atom stereocenters. The number of hydrogen-bond acceptors (Lipinski definition) is 4. The van der Waals surface area contributed by atoms with E-state index in [0.717, 1.165) is 25.4 Å². The lowest BCUT2D eigenvalue weighted by molar-refractivity contribution is 0.206. The molecule has 0 saturated carbocycles. The van der Waals surface area contributed by atoms with Crippen LogP contribution >= 0.6 is 11.8 Å². The summed E-state index contributed by atoms with van der Waals surface area (Å²) in [6.45, 7) is 8.61. The van der Waals surface area contributed by atoms with Crippen LogP contribution in [0.1, 0.15) is 31.6 Å². The first-order chi connectivity index (χ1) is 8.79. The molecule has 18 heavy (non-hydrogen) atoms. The third kappa shape index (κ3) is 4.04. The standard InChI is InChI=1S/C14H24N2OS/c1-3-4-15-8-13-7-14(17-10-13)9-16-5-6-18-11-12(16)2/h7,10,12,15H,3-6,8-9,11H2,1-2H3. The van der Waals surface area contributed by atoms with E-state index in [-0.39, 0.29) is 0 Å². The second-order valence-electron chi connectivity index (χ2n) is 4.99. The van der Waals surface area contributed by atoms with Gasteiger partial charge in [-0.15, -0.1) is 0 Å². The molecule has 1 fully saturated rings. The van der Waals surface area contributed by atoms with E-state index in [1.807, 2.05) is 6.26 Å². The molecule has 1 aromatic rings. The first kappa shape index (κ1) is 14.0. The molecule has 0 spiro atoms. The molecular formula is C14H24N2OS. The van der Waals surface area contributed by atoms with Crippen molar-refractivity contribution in [3.05, 3.63) is 23.7 Å². The zero-order chi connectivity index (χ0) is 12.8. The molecule has 0 radical (unpaired) electrons. The number of nitrogens with one attached hydrogen (secondary N) is 1. The number of furan rings is 1. The predicted octanol–water partition coefficient (Wildman–Crippen LogP) is 2.72. The molecule has 3 nitrogen and oxygen atoms in total. The summed E-state index contributed by atoms with van der Waals surface area (Å²) in [7, 11) is 0. The van der Waals surface area contributed by atoms with Crippen LogP contribution < -0.4 is 5.32 Å². The van der Waals surface area contributed by atoms with Crippen LogP contribution in [0.25, 0.3) is 0 Å². The Morgan fingerprint density at radius 1 is 1.56 bits per heavy atom. The highest BCUT2D eigenvalue weighted by molar-refractivity contribution is 7.99. The summed E-state index contributed by atoms with van der Waals surface area (Å²) in [5, 5.41) is 3.40. The molecule has 2 heterocycles. The smallest absolute Gasteiger partial charge is 0.118 e. The van der Waals surface area contributed by atoms with Crippen LogP contribution in [0.15, 0.2) is 16.7 Å². The average Bonchev–Trinajstić information content (AvgIpc) is 2.80. The monoisotopic (exact) mass is 268 g/mol. The third-order valence-electron chi connectivity index (χ3n) is 3.33. The number of rotatable bonds is 6. The summed E-state index contributed by atoms with van der Waals surface area (Å²) in [6.07, 6.45) is 3.06. The van der Waals surface area contributed by atoms with Gasteiger partial charge in [-0.25, -0.2) is 0 Å². The van der Waals surface area contributed by atoms with Crippen LogP contribution in [0.2, 0.25) is 0 Å². The van der Waals surface area contributed by atoms with Crippen molar-refractivity contribution in [3.8, 4) is 0 Å². The van der Waals surface area contributed by atoms with E-state index in [1.54, 1.807) is 0 Å². The Hall–Kier alpha value is -0.450. The summed E-state index contributed by atoms with van der Waals surface area (Å²) in [4.78, 5) is 2.51. The van der Waals surface area contributed by atoms with Crippen LogP contribution in [-0.2, 0) is 13.1 Å². The molecule has 1 saturated heterocycles. The van der Waals surface area contributed by atoms with Crippen molar-refractivity contribution in [2.24, 2.45) is 0 Å². The SMILES string of the molecule is CCCNCc1coc(CN2CCSCC2C)c1. The second-order valence-corrected chi connectivity index (χ2v) is 6.14. The summed E-state index contributed by atoms with van der Waals surface area (Å²) in [5.41, 5.74) is 1.26. The molecule has 0 aliphatic carbocycles. The van der Waals surface area contributed by atoms with E-state index in [2.05, 4.69) is 41.9 Å². The van der Waals surface area contributed by atoms with Gasteiger partial charge in [0.1, 0.15) is 5.76 Å².